The van der Waals surface area contributed by atoms with Crippen LogP contribution in [0.4, 0.5) is 0 Å². The largest absolute Gasteiger partial charge is 0.480 e. The molecule has 7 nitrogen and oxygen atoms in total. The minimum atomic E-state index is -1.27. The zero-order valence-corrected chi connectivity index (χ0v) is 10.1. The molecule has 0 aliphatic heterocycles. The molecule has 0 rings (SSSR count). The van der Waals surface area contributed by atoms with Gasteiger partial charge in [-0.1, -0.05) is 13.8 Å². The lowest BCUT2D eigenvalue weighted by Crippen LogP contribution is -2.46. The molecule has 0 saturated carbocycles. The first-order valence-electron chi connectivity index (χ1n) is 5.19. The van der Waals surface area contributed by atoms with E-state index in [9.17, 15) is 14.4 Å². The molecule has 0 unspecified atom stereocenters. The maximum atomic E-state index is 11.3. The molecule has 0 fully saturated rings. The standard InChI is InChI=1S/C10H18N2O5/c1-6(2)11-5-8(13)12-7(10(15)16)4-9(14)17-3/h6-7,11H,4-5H2,1-3H3,(H,12,13)(H,15,16)/t7-/m0/s1. The van der Waals surface area contributed by atoms with Crippen molar-refractivity contribution in [3.63, 3.8) is 0 Å². The molecule has 17 heavy (non-hydrogen) atoms. The lowest BCUT2D eigenvalue weighted by molar-refractivity contribution is -0.148. The molecule has 98 valence electrons. The average molecular weight is 246 g/mol. The van der Waals surface area contributed by atoms with Crippen LogP contribution in [0.25, 0.3) is 0 Å². The van der Waals surface area contributed by atoms with Gasteiger partial charge >= 0.3 is 11.9 Å². The van der Waals surface area contributed by atoms with Crippen molar-refractivity contribution in [2.24, 2.45) is 0 Å². The maximum absolute atomic E-state index is 11.3. The van der Waals surface area contributed by atoms with Gasteiger partial charge in [0.2, 0.25) is 5.91 Å². The zero-order valence-electron chi connectivity index (χ0n) is 10.1. The van der Waals surface area contributed by atoms with Crippen molar-refractivity contribution in [1.82, 2.24) is 10.6 Å². The number of rotatable bonds is 7. The molecule has 0 aromatic rings. The number of hydrogen-bond donors (Lipinski definition) is 3. The van der Waals surface area contributed by atoms with Gasteiger partial charge in [0.05, 0.1) is 20.1 Å². The molecule has 0 aromatic carbocycles. The first kappa shape index (κ1) is 15.4. The van der Waals surface area contributed by atoms with Gasteiger partial charge in [-0.05, 0) is 0 Å². The molecule has 0 aliphatic carbocycles. The Kier molecular flexibility index (Phi) is 6.88. The van der Waals surface area contributed by atoms with Gasteiger partial charge in [-0.2, -0.15) is 0 Å². The van der Waals surface area contributed by atoms with Crippen LogP contribution in [0.3, 0.4) is 0 Å². The molecular weight excluding hydrogens is 228 g/mol. The highest BCUT2D eigenvalue weighted by Gasteiger charge is 2.23. The van der Waals surface area contributed by atoms with Gasteiger partial charge < -0.3 is 20.5 Å². The number of esters is 1. The SMILES string of the molecule is COC(=O)C[C@H](NC(=O)CNC(C)C)C(=O)O. The highest BCUT2D eigenvalue weighted by molar-refractivity contribution is 5.87. The van der Waals surface area contributed by atoms with Crippen molar-refractivity contribution in [1.29, 1.82) is 0 Å². The Morgan fingerprint density at radius 3 is 2.29 bits per heavy atom. The number of ether oxygens (including phenoxy) is 1. The number of methoxy groups -OCH3 is 1. The number of carboxylic acid groups (broad SMARTS) is 1. The van der Waals surface area contributed by atoms with E-state index < -0.39 is 23.9 Å². The molecule has 0 spiro atoms. The molecule has 0 aliphatic rings. The van der Waals surface area contributed by atoms with Gasteiger partial charge in [-0.15, -0.1) is 0 Å². The molecule has 0 aromatic heterocycles. The number of carbonyl (C=O) groups is 3. The summed E-state index contributed by atoms with van der Waals surface area (Å²) in [6, 6.07) is -1.14. The summed E-state index contributed by atoms with van der Waals surface area (Å²) in [5.41, 5.74) is 0. The monoisotopic (exact) mass is 246 g/mol. The Labute approximate surface area is 99.5 Å². The summed E-state index contributed by atoms with van der Waals surface area (Å²) in [7, 11) is 1.16. The Hall–Kier alpha value is -1.63. The van der Waals surface area contributed by atoms with E-state index in [1.165, 1.54) is 0 Å². The lowest BCUT2D eigenvalue weighted by Gasteiger charge is -2.14. The van der Waals surface area contributed by atoms with Crippen molar-refractivity contribution in [2.75, 3.05) is 13.7 Å². The topological polar surface area (TPSA) is 105 Å². The Morgan fingerprint density at radius 1 is 1.29 bits per heavy atom. The summed E-state index contributed by atoms with van der Waals surface area (Å²) < 4.78 is 4.34. The third kappa shape index (κ3) is 7.29. The zero-order chi connectivity index (χ0) is 13.4. The normalized spacial score (nSPS) is 12.0. The molecule has 0 heterocycles. The summed E-state index contributed by atoms with van der Waals surface area (Å²) in [6.45, 7) is 3.72. The second kappa shape index (κ2) is 7.61. The fourth-order valence-electron chi connectivity index (χ4n) is 0.992. The van der Waals surface area contributed by atoms with Crippen LogP contribution in [0, 0.1) is 0 Å². The predicted octanol–water partition coefficient (Wildman–Crippen LogP) is -0.883. The molecular formula is C10H18N2O5. The first-order valence-corrected chi connectivity index (χ1v) is 5.19. The van der Waals surface area contributed by atoms with Crippen LogP contribution in [0.5, 0.6) is 0 Å². The Bertz CT molecular complexity index is 290. The minimum Gasteiger partial charge on any atom is -0.480 e. The van der Waals surface area contributed by atoms with Crippen molar-refractivity contribution in [3.05, 3.63) is 0 Å². The van der Waals surface area contributed by atoms with Gasteiger partial charge in [0.15, 0.2) is 0 Å². The molecule has 0 bridgehead atoms. The van der Waals surface area contributed by atoms with E-state index in [1.54, 1.807) is 0 Å². The van der Waals surface area contributed by atoms with Crippen molar-refractivity contribution >= 4 is 17.8 Å². The number of amides is 1. The Balaban J connectivity index is 4.20. The van der Waals surface area contributed by atoms with Crippen molar-refractivity contribution in [2.45, 2.75) is 32.4 Å². The second-order valence-electron chi connectivity index (χ2n) is 3.77. The van der Waals surface area contributed by atoms with Crippen LogP contribution < -0.4 is 10.6 Å². The lowest BCUT2D eigenvalue weighted by atomic mass is 10.2. The molecule has 1 atom stereocenters. The van der Waals surface area contributed by atoms with Crippen molar-refractivity contribution < 1.29 is 24.2 Å². The number of nitrogens with one attached hydrogen (secondary N) is 2. The summed E-state index contributed by atoms with van der Waals surface area (Å²) in [5.74, 6) is -2.43. The fourth-order valence-corrected chi connectivity index (χ4v) is 0.992. The van der Waals surface area contributed by atoms with E-state index in [4.69, 9.17) is 5.11 Å². The van der Waals surface area contributed by atoms with Crippen LogP contribution in [0.1, 0.15) is 20.3 Å². The molecule has 0 radical (unpaired) electrons. The molecule has 7 heteroatoms. The average Bonchev–Trinajstić information content (AvgIpc) is 2.25. The van der Waals surface area contributed by atoms with E-state index >= 15 is 0 Å². The molecule has 0 saturated heterocycles. The van der Waals surface area contributed by atoms with Gasteiger partial charge in [-0.3, -0.25) is 9.59 Å². The number of carbonyl (C=O) groups excluding carboxylic acids is 2. The second-order valence-corrected chi connectivity index (χ2v) is 3.77. The third-order valence-electron chi connectivity index (χ3n) is 1.90. The molecule has 3 N–H and O–H groups in total. The van der Waals surface area contributed by atoms with Crippen LogP contribution in [0.15, 0.2) is 0 Å². The van der Waals surface area contributed by atoms with Gasteiger partial charge in [0, 0.05) is 6.04 Å². The quantitative estimate of drug-likeness (QED) is 0.504. The van der Waals surface area contributed by atoms with E-state index in [0.29, 0.717) is 0 Å². The summed E-state index contributed by atoms with van der Waals surface area (Å²) >= 11 is 0. The fraction of sp³-hybridized carbons (Fsp3) is 0.700. The highest BCUT2D eigenvalue weighted by atomic mass is 16.5. The number of carboxylic acids is 1. The van der Waals surface area contributed by atoms with E-state index in [1.807, 2.05) is 13.8 Å². The number of aliphatic carboxylic acids is 1. The van der Waals surface area contributed by atoms with Crippen LogP contribution in [-0.4, -0.2) is 48.7 Å². The van der Waals surface area contributed by atoms with Gasteiger partial charge in [0.1, 0.15) is 6.04 Å². The highest BCUT2D eigenvalue weighted by Crippen LogP contribution is 1.95. The predicted molar refractivity (Wildman–Crippen MR) is 59.3 cm³/mol. The first-order chi connectivity index (χ1) is 7.86. The van der Waals surface area contributed by atoms with E-state index in [2.05, 4.69) is 15.4 Å². The maximum Gasteiger partial charge on any atom is 0.326 e. The summed E-state index contributed by atoms with van der Waals surface area (Å²) in [4.78, 5) is 33.0. The Morgan fingerprint density at radius 2 is 1.88 bits per heavy atom. The van der Waals surface area contributed by atoms with Crippen LogP contribution in [0.2, 0.25) is 0 Å². The third-order valence-corrected chi connectivity index (χ3v) is 1.90. The van der Waals surface area contributed by atoms with E-state index in [0.717, 1.165) is 7.11 Å². The van der Waals surface area contributed by atoms with Gasteiger partial charge in [-0.25, -0.2) is 4.79 Å². The molecule has 1 amide bonds. The number of hydrogen-bond acceptors (Lipinski definition) is 5. The van der Waals surface area contributed by atoms with Gasteiger partial charge in [0.25, 0.3) is 0 Å². The van der Waals surface area contributed by atoms with Crippen LogP contribution >= 0.6 is 0 Å². The minimum absolute atomic E-state index is 0.00260. The summed E-state index contributed by atoms with van der Waals surface area (Å²) in [6.07, 6.45) is -0.390. The van der Waals surface area contributed by atoms with E-state index in [-0.39, 0.29) is 19.0 Å². The van der Waals surface area contributed by atoms with Crippen molar-refractivity contribution in [3.8, 4) is 0 Å². The summed E-state index contributed by atoms with van der Waals surface area (Å²) in [5, 5.41) is 13.9. The van der Waals surface area contributed by atoms with Crippen LogP contribution in [-0.2, 0) is 19.1 Å². The smallest absolute Gasteiger partial charge is 0.326 e.